The number of likely N-dealkylation sites (tertiary alicyclic amines) is 1. The van der Waals surface area contributed by atoms with Gasteiger partial charge in [-0.2, -0.15) is 0 Å². The Labute approximate surface area is 343 Å². The van der Waals surface area contributed by atoms with Gasteiger partial charge in [-0.05, 0) is 106 Å². The third-order valence-electron chi connectivity index (χ3n) is 12.2. The molecular weight excluding hydrogens is 783 g/mol. The number of hydrogen-bond donors (Lipinski definition) is 5. The van der Waals surface area contributed by atoms with Crippen molar-refractivity contribution in [3.8, 4) is 22.4 Å². The molecular formula is C43H47F4N9O4. The number of H-pyrrole nitrogens is 1. The molecule has 2 aromatic heterocycles. The van der Waals surface area contributed by atoms with Gasteiger partial charge in [-0.15, -0.1) is 0 Å². The summed E-state index contributed by atoms with van der Waals surface area (Å²) in [6.45, 7) is 0.305. The van der Waals surface area contributed by atoms with Gasteiger partial charge >= 0.3 is 0 Å². The normalized spacial score (nSPS) is 23.8. The lowest BCUT2D eigenvalue weighted by Crippen LogP contribution is -2.60. The van der Waals surface area contributed by atoms with Gasteiger partial charge in [0.25, 0.3) is 11.5 Å². The molecule has 2 unspecified atom stereocenters. The fourth-order valence-corrected chi connectivity index (χ4v) is 8.95. The average molecular weight is 830 g/mol. The van der Waals surface area contributed by atoms with Crippen molar-refractivity contribution in [2.75, 3.05) is 41.7 Å². The highest BCUT2D eigenvalue weighted by atomic mass is 19.3. The summed E-state index contributed by atoms with van der Waals surface area (Å²) in [5, 5.41) is 11.7. The number of anilines is 3. The fourth-order valence-electron chi connectivity index (χ4n) is 8.95. The van der Waals surface area contributed by atoms with Crippen molar-refractivity contribution in [3.05, 3.63) is 89.0 Å². The number of nitrogens with one attached hydrogen (secondary N) is 5. The number of halogens is 4. The SMILES string of the molecule is O=C1CCC(Nc2ccc(N3CCC(N4CCC(C(=O)N[C@H]5CC[C@H](Nc6ncc(F)c(-c7cccc(-c8ccc[nH]c8=O)c7)n6)CC5)CC4)C(F)(F)C3)c(F)c2)C(=O)N1. The summed E-state index contributed by atoms with van der Waals surface area (Å²) in [6, 6.07) is 12.8. The van der Waals surface area contributed by atoms with Crippen molar-refractivity contribution in [2.24, 2.45) is 5.92 Å². The Kier molecular flexibility index (Phi) is 11.9. The molecule has 0 spiro atoms. The summed E-state index contributed by atoms with van der Waals surface area (Å²) in [5.41, 5.74) is 1.84. The Morgan fingerprint density at radius 1 is 0.817 bits per heavy atom. The molecule has 8 rings (SSSR count). The summed E-state index contributed by atoms with van der Waals surface area (Å²) in [4.78, 5) is 63.6. The predicted molar refractivity (Wildman–Crippen MR) is 217 cm³/mol. The molecule has 0 radical (unpaired) electrons. The summed E-state index contributed by atoms with van der Waals surface area (Å²) in [7, 11) is 0. The number of carbonyl (C=O) groups is 3. The van der Waals surface area contributed by atoms with Crippen molar-refractivity contribution in [1.82, 2.24) is 30.5 Å². The van der Waals surface area contributed by atoms with Crippen molar-refractivity contribution in [1.29, 1.82) is 0 Å². The molecule has 5 heterocycles. The molecule has 3 amide bonds. The number of imide groups is 1. The summed E-state index contributed by atoms with van der Waals surface area (Å²) in [6.07, 6.45) is 7.06. The monoisotopic (exact) mass is 829 g/mol. The van der Waals surface area contributed by atoms with E-state index in [-0.39, 0.29) is 78.5 Å². The first-order valence-electron chi connectivity index (χ1n) is 20.5. The van der Waals surface area contributed by atoms with Gasteiger partial charge in [-0.3, -0.25) is 29.4 Å². The van der Waals surface area contributed by atoms with Crippen molar-refractivity contribution >= 4 is 35.0 Å². The number of aromatic amines is 1. The molecule has 5 N–H and O–H groups in total. The maximum Gasteiger partial charge on any atom is 0.280 e. The zero-order chi connectivity index (χ0) is 42.0. The van der Waals surface area contributed by atoms with Crippen LogP contribution in [0.1, 0.15) is 57.8 Å². The number of benzene rings is 2. The van der Waals surface area contributed by atoms with Gasteiger partial charge in [-0.25, -0.2) is 27.5 Å². The van der Waals surface area contributed by atoms with Crippen LogP contribution in [0, 0.1) is 17.6 Å². The van der Waals surface area contributed by atoms with E-state index in [1.807, 2.05) is 0 Å². The number of aromatic nitrogens is 3. The van der Waals surface area contributed by atoms with E-state index in [0.29, 0.717) is 61.2 Å². The molecule has 1 saturated carbocycles. The van der Waals surface area contributed by atoms with E-state index in [4.69, 9.17) is 0 Å². The Morgan fingerprint density at radius 2 is 1.58 bits per heavy atom. The highest BCUT2D eigenvalue weighted by molar-refractivity contribution is 6.01. The fraction of sp³-hybridized carbons (Fsp3) is 0.442. The number of piperidine rings is 3. The third-order valence-corrected chi connectivity index (χ3v) is 12.2. The van der Waals surface area contributed by atoms with E-state index in [0.717, 1.165) is 19.0 Å². The Balaban J connectivity index is 0.785. The minimum atomic E-state index is -3.12. The highest BCUT2D eigenvalue weighted by Gasteiger charge is 2.48. The van der Waals surface area contributed by atoms with E-state index in [1.165, 1.54) is 17.0 Å². The lowest BCUT2D eigenvalue weighted by molar-refractivity contribution is -0.134. The summed E-state index contributed by atoms with van der Waals surface area (Å²) in [5.74, 6) is -5.30. The van der Waals surface area contributed by atoms with Crippen LogP contribution in [0.3, 0.4) is 0 Å². The molecule has 60 heavy (non-hydrogen) atoms. The third kappa shape index (κ3) is 9.15. The average Bonchev–Trinajstić information content (AvgIpc) is 3.23. The first-order chi connectivity index (χ1) is 28.9. The largest absolute Gasteiger partial charge is 0.374 e. The van der Waals surface area contributed by atoms with Gasteiger partial charge in [0.2, 0.25) is 23.7 Å². The molecule has 1 aliphatic carbocycles. The van der Waals surface area contributed by atoms with Crippen LogP contribution < -0.4 is 31.7 Å². The zero-order valence-corrected chi connectivity index (χ0v) is 32.9. The van der Waals surface area contributed by atoms with E-state index in [9.17, 15) is 23.6 Å². The maximum atomic E-state index is 15.7. The van der Waals surface area contributed by atoms with E-state index in [1.54, 1.807) is 53.6 Å². The van der Waals surface area contributed by atoms with Crippen molar-refractivity contribution in [3.63, 3.8) is 0 Å². The molecule has 316 valence electrons. The maximum absolute atomic E-state index is 15.7. The minimum absolute atomic E-state index is 0.0138. The summed E-state index contributed by atoms with van der Waals surface area (Å²) >= 11 is 0. The molecule has 4 fully saturated rings. The van der Waals surface area contributed by atoms with Crippen LogP contribution in [-0.2, 0) is 14.4 Å². The summed E-state index contributed by atoms with van der Waals surface area (Å²) < 4.78 is 61.6. The van der Waals surface area contributed by atoms with Crippen LogP contribution in [0.5, 0.6) is 0 Å². The van der Waals surface area contributed by atoms with Gasteiger partial charge in [0, 0.05) is 54.0 Å². The lowest BCUT2D eigenvalue weighted by atomic mass is 9.89. The predicted octanol–water partition coefficient (Wildman–Crippen LogP) is 5.46. The van der Waals surface area contributed by atoms with Crippen LogP contribution in [0.2, 0.25) is 0 Å². The second-order valence-electron chi connectivity index (χ2n) is 16.2. The van der Waals surface area contributed by atoms with Gasteiger partial charge in [-0.1, -0.05) is 18.2 Å². The Bertz CT molecular complexity index is 2290. The minimum Gasteiger partial charge on any atom is -0.374 e. The van der Waals surface area contributed by atoms with Gasteiger partial charge < -0.3 is 25.8 Å². The highest BCUT2D eigenvalue weighted by Crippen LogP contribution is 2.37. The van der Waals surface area contributed by atoms with Gasteiger partial charge in [0.1, 0.15) is 17.6 Å². The second kappa shape index (κ2) is 17.4. The van der Waals surface area contributed by atoms with Crippen LogP contribution in [0.4, 0.5) is 34.9 Å². The van der Waals surface area contributed by atoms with Crippen LogP contribution in [0.25, 0.3) is 22.4 Å². The molecule has 17 heteroatoms. The molecule has 2 atom stereocenters. The first-order valence-corrected chi connectivity index (χ1v) is 20.5. The van der Waals surface area contributed by atoms with E-state index in [2.05, 4.69) is 36.2 Å². The first kappa shape index (κ1) is 40.9. The number of alkyl halides is 2. The standard InChI is InChI=1S/C43H47F4N9O4/c44-32-22-30(50-34-11-13-37(57)53-41(34)60)10-12-35(32)56-20-16-36(43(46,47)24-56)55-18-14-25(15-19-55)39(58)51-28-6-8-29(9-7-28)52-42-49-23-33(45)38(54-42)27-4-1-3-26(21-27)31-5-2-17-48-40(31)59/h1-5,10,12,17,21-23,25,28-29,34,36,50H,6-9,11,13-16,18-20,24H2,(H,48,59)(H,51,58)(H,49,52,54)(H,53,57,60)/t28-,29-,34?,36?. The molecule has 4 aromatic rings. The molecule has 0 bridgehead atoms. The zero-order valence-electron chi connectivity index (χ0n) is 32.9. The smallest absolute Gasteiger partial charge is 0.280 e. The van der Waals surface area contributed by atoms with Gasteiger partial charge in [0.05, 0.1) is 24.5 Å². The molecule has 4 aliphatic rings. The number of hydrogen-bond acceptors (Lipinski definition) is 10. The lowest BCUT2D eigenvalue weighted by Gasteiger charge is -2.46. The van der Waals surface area contributed by atoms with Crippen molar-refractivity contribution in [2.45, 2.75) is 87.9 Å². The second-order valence-corrected chi connectivity index (χ2v) is 16.2. The van der Waals surface area contributed by atoms with Gasteiger partial charge in [0.15, 0.2) is 5.82 Å². The Hall–Kier alpha value is -5.84. The molecule has 2 aromatic carbocycles. The van der Waals surface area contributed by atoms with Crippen LogP contribution in [-0.4, -0.2) is 93.8 Å². The van der Waals surface area contributed by atoms with Crippen LogP contribution in [0.15, 0.2) is 71.8 Å². The number of pyridine rings is 1. The molecule has 13 nitrogen and oxygen atoms in total. The quantitative estimate of drug-likeness (QED) is 0.103. The van der Waals surface area contributed by atoms with E-state index < -0.39 is 42.1 Å². The number of carbonyl (C=O) groups excluding carboxylic acids is 3. The van der Waals surface area contributed by atoms with Crippen LogP contribution >= 0.6 is 0 Å². The molecule has 3 saturated heterocycles. The number of rotatable bonds is 10. The Morgan fingerprint density at radius 3 is 2.32 bits per heavy atom. The van der Waals surface area contributed by atoms with E-state index >= 15 is 13.2 Å². The van der Waals surface area contributed by atoms with Crippen molar-refractivity contribution < 1.29 is 31.9 Å². The molecule has 3 aliphatic heterocycles. The number of nitrogens with zero attached hydrogens (tertiary/aromatic N) is 4. The topological polar surface area (TPSA) is 164 Å². The number of amides is 3.